The largest absolute Gasteiger partial charge is 0.313 e. The van der Waals surface area contributed by atoms with E-state index < -0.39 is 0 Å². The highest BCUT2D eigenvalue weighted by Crippen LogP contribution is 1.99. The highest BCUT2D eigenvalue weighted by atomic mass is 32.1. The first-order valence-corrected chi connectivity index (χ1v) is 4.82. The van der Waals surface area contributed by atoms with E-state index in [0.29, 0.717) is 0 Å². The summed E-state index contributed by atoms with van der Waals surface area (Å²) >= 11 is 4.14. The van der Waals surface area contributed by atoms with Gasteiger partial charge in [-0.15, -0.1) is 0 Å². The van der Waals surface area contributed by atoms with Gasteiger partial charge >= 0.3 is 0 Å². The standard InChI is InChI=1S/C8H19NS/c1-3-5-8(4-2)9-6-7-10/h8-10H,3-7H2,1-2H3. The molecule has 0 fully saturated rings. The lowest BCUT2D eigenvalue weighted by molar-refractivity contribution is 0.478. The summed E-state index contributed by atoms with van der Waals surface area (Å²) in [4.78, 5) is 0. The maximum atomic E-state index is 4.14. The van der Waals surface area contributed by atoms with Crippen LogP contribution in [0.2, 0.25) is 0 Å². The molecule has 1 atom stereocenters. The van der Waals surface area contributed by atoms with Crippen molar-refractivity contribution in [3.05, 3.63) is 0 Å². The Morgan fingerprint density at radius 1 is 1.40 bits per heavy atom. The lowest BCUT2D eigenvalue weighted by atomic mass is 10.1. The second kappa shape index (κ2) is 7.42. The van der Waals surface area contributed by atoms with E-state index in [1.54, 1.807) is 0 Å². The summed E-state index contributed by atoms with van der Waals surface area (Å²) in [5.41, 5.74) is 0. The Morgan fingerprint density at radius 2 is 2.10 bits per heavy atom. The molecular formula is C8H19NS. The molecule has 0 aromatic heterocycles. The molecule has 0 rings (SSSR count). The molecule has 0 saturated heterocycles. The van der Waals surface area contributed by atoms with E-state index in [0.717, 1.165) is 18.3 Å². The summed E-state index contributed by atoms with van der Waals surface area (Å²) in [6.45, 7) is 5.50. The van der Waals surface area contributed by atoms with E-state index in [-0.39, 0.29) is 0 Å². The van der Waals surface area contributed by atoms with Crippen LogP contribution < -0.4 is 5.32 Å². The zero-order valence-corrected chi connectivity index (χ0v) is 7.95. The van der Waals surface area contributed by atoms with Gasteiger partial charge in [0.25, 0.3) is 0 Å². The molecule has 0 radical (unpaired) electrons. The van der Waals surface area contributed by atoms with Gasteiger partial charge < -0.3 is 5.32 Å². The lowest BCUT2D eigenvalue weighted by Gasteiger charge is -2.14. The van der Waals surface area contributed by atoms with Gasteiger partial charge in [0.15, 0.2) is 0 Å². The molecule has 0 bridgehead atoms. The van der Waals surface area contributed by atoms with Crippen LogP contribution in [0.4, 0.5) is 0 Å². The van der Waals surface area contributed by atoms with Crippen molar-refractivity contribution in [2.45, 2.75) is 39.2 Å². The Kier molecular flexibility index (Phi) is 7.65. The lowest BCUT2D eigenvalue weighted by Crippen LogP contribution is -2.29. The predicted octanol–water partition coefficient (Wildman–Crippen LogP) is 2.08. The molecule has 1 nitrogen and oxygen atoms in total. The van der Waals surface area contributed by atoms with Crippen LogP contribution in [0.15, 0.2) is 0 Å². The molecule has 62 valence electrons. The molecule has 0 amide bonds. The molecule has 1 unspecified atom stereocenters. The second-order valence-electron chi connectivity index (χ2n) is 2.57. The van der Waals surface area contributed by atoms with E-state index in [4.69, 9.17) is 0 Å². The monoisotopic (exact) mass is 161 g/mol. The molecule has 0 aliphatic carbocycles. The van der Waals surface area contributed by atoms with E-state index in [1.165, 1.54) is 19.3 Å². The van der Waals surface area contributed by atoms with Gasteiger partial charge in [-0.1, -0.05) is 20.3 Å². The van der Waals surface area contributed by atoms with Crippen LogP contribution in [0.3, 0.4) is 0 Å². The van der Waals surface area contributed by atoms with Crippen molar-refractivity contribution in [1.82, 2.24) is 5.32 Å². The third kappa shape index (κ3) is 5.12. The van der Waals surface area contributed by atoms with Crippen LogP contribution in [-0.4, -0.2) is 18.3 Å². The molecule has 0 aliphatic rings. The minimum absolute atomic E-state index is 0.720. The minimum atomic E-state index is 0.720. The van der Waals surface area contributed by atoms with Crippen LogP contribution in [-0.2, 0) is 0 Å². The summed E-state index contributed by atoms with van der Waals surface area (Å²) < 4.78 is 0. The molecule has 0 aliphatic heterocycles. The first kappa shape index (κ1) is 10.3. The fourth-order valence-corrected chi connectivity index (χ4v) is 1.20. The van der Waals surface area contributed by atoms with Crippen LogP contribution in [0.5, 0.6) is 0 Å². The molecule has 2 heteroatoms. The summed E-state index contributed by atoms with van der Waals surface area (Å²) in [5, 5.41) is 3.44. The number of thiol groups is 1. The van der Waals surface area contributed by atoms with Gasteiger partial charge in [-0.3, -0.25) is 0 Å². The van der Waals surface area contributed by atoms with Crippen molar-refractivity contribution >= 4 is 12.6 Å². The average Bonchev–Trinajstić information content (AvgIpc) is 1.98. The highest BCUT2D eigenvalue weighted by molar-refractivity contribution is 7.80. The molecule has 0 aromatic carbocycles. The van der Waals surface area contributed by atoms with Crippen LogP contribution in [0, 0.1) is 0 Å². The Morgan fingerprint density at radius 3 is 2.50 bits per heavy atom. The van der Waals surface area contributed by atoms with Crippen molar-refractivity contribution in [1.29, 1.82) is 0 Å². The molecular weight excluding hydrogens is 142 g/mol. The zero-order valence-electron chi connectivity index (χ0n) is 7.06. The topological polar surface area (TPSA) is 12.0 Å². The first-order valence-electron chi connectivity index (χ1n) is 4.19. The number of hydrogen-bond donors (Lipinski definition) is 2. The predicted molar refractivity (Wildman–Crippen MR) is 50.8 cm³/mol. The molecule has 0 aromatic rings. The van der Waals surface area contributed by atoms with E-state index >= 15 is 0 Å². The first-order chi connectivity index (χ1) is 4.85. The molecule has 1 N–H and O–H groups in total. The normalized spacial score (nSPS) is 13.5. The van der Waals surface area contributed by atoms with Crippen molar-refractivity contribution < 1.29 is 0 Å². The van der Waals surface area contributed by atoms with Crippen molar-refractivity contribution in [2.24, 2.45) is 0 Å². The van der Waals surface area contributed by atoms with Gasteiger partial charge in [0.1, 0.15) is 0 Å². The third-order valence-corrected chi connectivity index (χ3v) is 1.90. The van der Waals surface area contributed by atoms with Crippen molar-refractivity contribution in [2.75, 3.05) is 12.3 Å². The number of nitrogens with one attached hydrogen (secondary N) is 1. The van der Waals surface area contributed by atoms with Crippen molar-refractivity contribution in [3.8, 4) is 0 Å². The smallest absolute Gasteiger partial charge is 0.00646 e. The summed E-state index contributed by atoms with van der Waals surface area (Å²) in [6, 6.07) is 0.720. The molecule has 10 heavy (non-hydrogen) atoms. The number of hydrogen-bond acceptors (Lipinski definition) is 2. The minimum Gasteiger partial charge on any atom is -0.313 e. The highest BCUT2D eigenvalue weighted by Gasteiger charge is 2.00. The zero-order chi connectivity index (χ0) is 7.82. The number of rotatable bonds is 6. The van der Waals surface area contributed by atoms with Gasteiger partial charge in [0.2, 0.25) is 0 Å². The quantitative estimate of drug-likeness (QED) is 0.568. The Bertz CT molecular complexity index is 66.3. The van der Waals surface area contributed by atoms with Crippen LogP contribution in [0.1, 0.15) is 33.1 Å². The Labute approximate surface area is 70.0 Å². The molecule has 0 saturated carbocycles. The average molecular weight is 161 g/mol. The van der Waals surface area contributed by atoms with Gasteiger partial charge in [0.05, 0.1) is 0 Å². The SMILES string of the molecule is CCCC(CC)NCCS. The third-order valence-electron chi connectivity index (χ3n) is 1.67. The van der Waals surface area contributed by atoms with Gasteiger partial charge in [-0.2, -0.15) is 12.6 Å². The maximum Gasteiger partial charge on any atom is 0.00646 e. The summed E-state index contributed by atoms with van der Waals surface area (Å²) in [7, 11) is 0. The van der Waals surface area contributed by atoms with Crippen LogP contribution >= 0.6 is 12.6 Å². The fraction of sp³-hybridized carbons (Fsp3) is 1.00. The molecule has 0 spiro atoms. The summed E-state index contributed by atoms with van der Waals surface area (Å²) in [5.74, 6) is 0.945. The van der Waals surface area contributed by atoms with Gasteiger partial charge in [-0.05, 0) is 12.8 Å². The maximum absolute atomic E-state index is 4.14. The van der Waals surface area contributed by atoms with Crippen LogP contribution in [0.25, 0.3) is 0 Å². The van der Waals surface area contributed by atoms with E-state index in [1.807, 2.05) is 0 Å². The van der Waals surface area contributed by atoms with E-state index in [2.05, 4.69) is 31.8 Å². The Balaban J connectivity index is 3.21. The summed E-state index contributed by atoms with van der Waals surface area (Å²) in [6.07, 6.45) is 3.81. The second-order valence-corrected chi connectivity index (χ2v) is 3.02. The van der Waals surface area contributed by atoms with Gasteiger partial charge in [0, 0.05) is 18.3 Å². The molecule has 0 heterocycles. The van der Waals surface area contributed by atoms with Gasteiger partial charge in [-0.25, -0.2) is 0 Å². The van der Waals surface area contributed by atoms with E-state index in [9.17, 15) is 0 Å². The Hall–Kier alpha value is 0.310. The fourth-order valence-electron chi connectivity index (χ4n) is 1.07. The van der Waals surface area contributed by atoms with Crippen molar-refractivity contribution in [3.63, 3.8) is 0 Å².